The molecule has 1 aromatic rings. The first-order valence-electron chi connectivity index (χ1n) is 5.96. The lowest BCUT2D eigenvalue weighted by atomic mass is 10.2. The Balaban J connectivity index is 2.51. The maximum atomic E-state index is 11.8. The van der Waals surface area contributed by atoms with E-state index in [0.29, 0.717) is 19.6 Å². The monoisotopic (exact) mass is 244 g/mol. The summed E-state index contributed by atoms with van der Waals surface area (Å²) in [6.07, 6.45) is 3.56. The highest BCUT2D eigenvalue weighted by Crippen LogP contribution is 2.08. The number of hydrogen-bond acceptors (Lipinski definition) is 2. The number of carbonyl (C=O) groups is 1. The topological polar surface area (TPSA) is 32.3 Å². The maximum Gasteiger partial charge on any atom is 0.238 e. The molecule has 0 aliphatic carbocycles. The van der Waals surface area contributed by atoms with Crippen molar-refractivity contribution in [1.82, 2.24) is 4.90 Å². The number of nitrogens with one attached hydrogen (secondary N) is 1. The lowest BCUT2D eigenvalue weighted by Gasteiger charge is -2.18. The molecule has 0 aliphatic heterocycles. The molecule has 1 rings (SSSR count). The second-order valence-corrected chi connectivity index (χ2v) is 4.19. The van der Waals surface area contributed by atoms with Gasteiger partial charge in [-0.1, -0.05) is 29.8 Å². The molecule has 0 bridgehead atoms. The molecule has 0 radical (unpaired) electrons. The van der Waals surface area contributed by atoms with Crippen molar-refractivity contribution in [2.45, 2.75) is 6.92 Å². The molecule has 0 aliphatic rings. The third kappa shape index (κ3) is 4.97. The SMILES string of the molecule is C=CCN(CC=C)CC(=O)Nc1ccc(C)cc1. The van der Waals surface area contributed by atoms with Gasteiger partial charge in [-0.3, -0.25) is 9.69 Å². The van der Waals surface area contributed by atoms with E-state index in [-0.39, 0.29) is 5.91 Å². The first-order chi connectivity index (χ1) is 8.65. The molecule has 0 saturated carbocycles. The third-order valence-electron chi connectivity index (χ3n) is 2.48. The van der Waals surface area contributed by atoms with Crippen LogP contribution in [-0.2, 0) is 4.79 Å². The Morgan fingerprint density at radius 3 is 2.28 bits per heavy atom. The van der Waals surface area contributed by atoms with Gasteiger partial charge in [0.25, 0.3) is 0 Å². The molecular weight excluding hydrogens is 224 g/mol. The summed E-state index contributed by atoms with van der Waals surface area (Å²) < 4.78 is 0. The van der Waals surface area contributed by atoms with E-state index in [1.54, 1.807) is 12.2 Å². The molecule has 3 nitrogen and oxygen atoms in total. The van der Waals surface area contributed by atoms with Crippen molar-refractivity contribution in [3.63, 3.8) is 0 Å². The molecule has 0 unspecified atom stereocenters. The predicted octanol–water partition coefficient (Wildman–Crippen LogP) is 2.61. The summed E-state index contributed by atoms with van der Waals surface area (Å²) in [5, 5.41) is 2.87. The van der Waals surface area contributed by atoms with Crippen molar-refractivity contribution in [2.75, 3.05) is 25.0 Å². The second-order valence-electron chi connectivity index (χ2n) is 4.19. The largest absolute Gasteiger partial charge is 0.325 e. The molecule has 96 valence electrons. The summed E-state index contributed by atoms with van der Waals surface area (Å²) in [4.78, 5) is 13.8. The van der Waals surface area contributed by atoms with Gasteiger partial charge in [-0.05, 0) is 19.1 Å². The number of benzene rings is 1. The van der Waals surface area contributed by atoms with Gasteiger partial charge in [0.1, 0.15) is 0 Å². The first kappa shape index (κ1) is 14.2. The molecule has 0 atom stereocenters. The zero-order chi connectivity index (χ0) is 13.4. The van der Waals surface area contributed by atoms with Gasteiger partial charge in [-0.25, -0.2) is 0 Å². The van der Waals surface area contributed by atoms with E-state index >= 15 is 0 Å². The van der Waals surface area contributed by atoms with Gasteiger partial charge in [0.15, 0.2) is 0 Å². The van der Waals surface area contributed by atoms with Crippen molar-refractivity contribution in [2.24, 2.45) is 0 Å². The van der Waals surface area contributed by atoms with E-state index in [1.165, 1.54) is 5.56 Å². The van der Waals surface area contributed by atoms with Gasteiger partial charge in [0.05, 0.1) is 6.54 Å². The first-order valence-corrected chi connectivity index (χ1v) is 5.96. The van der Waals surface area contributed by atoms with Crippen LogP contribution in [-0.4, -0.2) is 30.4 Å². The number of amides is 1. The lowest BCUT2D eigenvalue weighted by molar-refractivity contribution is -0.117. The highest BCUT2D eigenvalue weighted by molar-refractivity contribution is 5.92. The summed E-state index contributed by atoms with van der Waals surface area (Å²) in [7, 11) is 0. The van der Waals surface area contributed by atoms with Crippen LogP contribution in [0.25, 0.3) is 0 Å². The van der Waals surface area contributed by atoms with E-state index in [9.17, 15) is 4.79 Å². The molecule has 0 fully saturated rings. The van der Waals surface area contributed by atoms with Crippen LogP contribution in [0.2, 0.25) is 0 Å². The van der Waals surface area contributed by atoms with Crippen molar-refractivity contribution in [3.8, 4) is 0 Å². The Hall–Kier alpha value is -1.87. The number of carbonyl (C=O) groups excluding carboxylic acids is 1. The van der Waals surface area contributed by atoms with E-state index in [0.717, 1.165) is 5.69 Å². The van der Waals surface area contributed by atoms with Gasteiger partial charge < -0.3 is 5.32 Å². The number of hydrogen-bond donors (Lipinski definition) is 1. The number of anilines is 1. The molecule has 0 aromatic heterocycles. The Kier molecular flexibility index (Phi) is 5.88. The van der Waals surface area contributed by atoms with Crippen molar-refractivity contribution in [1.29, 1.82) is 0 Å². The number of rotatable bonds is 7. The zero-order valence-corrected chi connectivity index (χ0v) is 10.9. The number of nitrogens with zero attached hydrogens (tertiary/aromatic N) is 1. The fourth-order valence-electron chi connectivity index (χ4n) is 1.61. The van der Waals surface area contributed by atoms with Crippen LogP contribution in [0.3, 0.4) is 0 Å². The Bertz CT molecular complexity index is 399. The van der Waals surface area contributed by atoms with Gasteiger partial charge in [0, 0.05) is 18.8 Å². The fraction of sp³-hybridized carbons (Fsp3) is 0.267. The van der Waals surface area contributed by atoms with Crippen LogP contribution in [0.5, 0.6) is 0 Å². The summed E-state index contributed by atoms with van der Waals surface area (Å²) >= 11 is 0. The van der Waals surface area contributed by atoms with Crippen LogP contribution in [0, 0.1) is 6.92 Å². The average molecular weight is 244 g/mol. The summed E-state index contributed by atoms with van der Waals surface area (Å²) in [6, 6.07) is 7.75. The molecule has 1 aromatic carbocycles. The molecule has 0 saturated heterocycles. The van der Waals surface area contributed by atoms with Gasteiger partial charge in [-0.15, -0.1) is 13.2 Å². The second kappa shape index (κ2) is 7.45. The average Bonchev–Trinajstić information content (AvgIpc) is 2.33. The Labute approximate surface area is 109 Å². The van der Waals surface area contributed by atoms with E-state index in [2.05, 4.69) is 18.5 Å². The molecule has 1 amide bonds. The van der Waals surface area contributed by atoms with E-state index in [1.807, 2.05) is 36.1 Å². The standard InChI is InChI=1S/C15H20N2O/c1-4-10-17(11-5-2)12-15(18)16-14-8-6-13(3)7-9-14/h4-9H,1-2,10-12H2,3H3,(H,16,18). The van der Waals surface area contributed by atoms with Gasteiger partial charge >= 0.3 is 0 Å². The lowest BCUT2D eigenvalue weighted by Crippen LogP contribution is -2.33. The van der Waals surface area contributed by atoms with Crippen LogP contribution in [0.4, 0.5) is 5.69 Å². The van der Waals surface area contributed by atoms with Gasteiger partial charge in [0.2, 0.25) is 5.91 Å². The minimum atomic E-state index is -0.0254. The normalized spacial score (nSPS) is 10.1. The Morgan fingerprint density at radius 1 is 1.22 bits per heavy atom. The van der Waals surface area contributed by atoms with Crippen LogP contribution in [0.15, 0.2) is 49.6 Å². The van der Waals surface area contributed by atoms with E-state index < -0.39 is 0 Å². The van der Waals surface area contributed by atoms with Crippen LogP contribution < -0.4 is 5.32 Å². The minimum Gasteiger partial charge on any atom is -0.325 e. The van der Waals surface area contributed by atoms with Crippen molar-refractivity contribution < 1.29 is 4.79 Å². The molecule has 18 heavy (non-hydrogen) atoms. The molecule has 3 heteroatoms. The van der Waals surface area contributed by atoms with Gasteiger partial charge in [-0.2, -0.15) is 0 Å². The summed E-state index contributed by atoms with van der Waals surface area (Å²) in [5.74, 6) is -0.0254. The zero-order valence-electron chi connectivity index (χ0n) is 10.9. The van der Waals surface area contributed by atoms with Crippen molar-refractivity contribution in [3.05, 3.63) is 55.1 Å². The third-order valence-corrected chi connectivity index (χ3v) is 2.48. The smallest absolute Gasteiger partial charge is 0.238 e. The molecular formula is C15H20N2O. The highest BCUT2D eigenvalue weighted by atomic mass is 16.2. The Morgan fingerprint density at radius 2 is 1.78 bits per heavy atom. The molecule has 0 spiro atoms. The minimum absolute atomic E-state index is 0.0254. The van der Waals surface area contributed by atoms with E-state index in [4.69, 9.17) is 0 Å². The molecule has 1 N–H and O–H groups in total. The quantitative estimate of drug-likeness (QED) is 0.748. The van der Waals surface area contributed by atoms with Crippen molar-refractivity contribution >= 4 is 11.6 Å². The van der Waals surface area contributed by atoms with Crippen LogP contribution in [0.1, 0.15) is 5.56 Å². The molecule has 0 heterocycles. The summed E-state index contributed by atoms with van der Waals surface area (Å²) in [6.45, 7) is 11.1. The van der Waals surface area contributed by atoms with Crippen LogP contribution >= 0.6 is 0 Å². The summed E-state index contributed by atoms with van der Waals surface area (Å²) in [5.41, 5.74) is 2.00. The predicted molar refractivity (Wildman–Crippen MR) is 76.6 cm³/mol. The fourth-order valence-corrected chi connectivity index (χ4v) is 1.61. The highest BCUT2D eigenvalue weighted by Gasteiger charge is 2.08. The number of aryl methyl sites for hydroxylation is 1. The maximum absolute atomic E-state index is 11.8.